The smallest absolute Gasteiger partial charge is 0.329 e. The topological polar surface area (TPSA) is 188 Å². The summed E-state index contributed by atoms with van der Waals surface area (Å²) in [6.07, 6.45) is 13.6. The normalized spacial score (nSPS) is 38.1. The van der Waals surface area contributed by atoms with Crippen molar-refractivity contribution in [1.82, 2.24) is 9.80 Å². The molecule has 0 spiro atoms. The molecule has 0 radical (unpaired) electrons. The second-order valence-corrected chi connectivity index (χ2v) is 21.6. The molecule has 0 aromatic carbocycles. The zero-order chi connectivity index (χ0) is 52.6. The van der Waals surface area contributed by atoms with Gasteiger partial charge in [0.15, 0.2) is 5.78 Å². The zero-order valence-electron chi connectivity index (χ0n) is 45.1. The van der Waals surface area contributed by atoms with Crippen molar-refractivity contribution >= 4 is 29.2 Å². The summed E-state index contributed by atoms with van der Waals surface area (Å²) in [5.41, 5.74) is 1.29. The van der Waals surface area contributed by atoms with Crippen molar-refractivity contribution in [3.05, 3.63) is 47.6 Å². The van der Waals surface area contributed by atoms with Crippen LogP contribution in [0.4, 0.5) is 0 Å². The average molecular weight is 999 g/mol. The standard InChI is InChI=1S/C56H90N2O13/c1-35-19-14-13-15-20-36(2)47(66-10)33-43-24-22-41(7)56(65,71-43)53(62)54(63)58-27-17-16-21-44(58)55(64)70-48(34-45(59)37(3)30-40(6)51(61)52(68-12)50(60)39(5)29-35)38(4)31-42-23-25-46(49(32-42)67-11)69-28-18-26-57(8)9/h13-15,19-20,30,35,37-39,41-44,46-49,51-52,61,65H,16-18,21-29,31-34H2,1-12H3/b15-13+,19-14+,36-20+,40-30+/t35?,37-,38-,39-,41-,42+,43+,44+,46-,47+,48+,49-,51-,52+,56-/m1/s1. The number of piperidine rings is 1. The number of carbonyl (C=O) groups excluding carboxylic acids is 5. The van der Waals surface area contributed by atoms with Gasteiger partial charge >= 0.3 is 5.97 Å². The maximum absolute atomic E-state index is 14.5. The summed E-state index contributed by atoms with van der Waals surface area (Å²) in [6.45, 7) is 14.4. The molecule has 1 unspecified atom stereocenters. The fraction of sp³-hybridized carbons (Fsp3) is 0.768. The molecule has 2 N–H and O–H groups in total. The molecule has 402 valence electrons. The van der Waals surface area contributed by atoms with Crippen LogP contribution >= 0.6 is 0 Å². The predicted molar refractivity (Wildman–Crippen MR) is 272 cm³/mol. The lowest BCUT2D eigenvalue weighted by Crippen LogP contribution is -2.61. The van der Waals surface area contributed by atoms with Gasteiger partial charge in [0.1, 0.15) is 30.1 Å². The van der Waals surface area contributed by atoms with E-state index in [0.29, 0.717) is 57.1 Å². The number of aliphatic hydroxyl groups is 2. The molecule has 3 fully saturated rings. The highest BCUT2D eigenvalue weighted by atomic mass is 16.6. The van der Waals surface area contributed by atoms with E-state index < -0.39 is 77.8 Å². The van der Waals surface area contributed by atoms with Gasteiger partial charge < -0.3 is 48.4 Å². The summed E-state index contributed by atoms with van der Waals surface area (Å²) in [7, 11) is 8.74. The number of methoxy groups -OCH3 is 3. The Morgan fingerprint density at radius 3 is 2.27 bits per heavy atom. The van der Waals surface area contributed by atoms with Crippen LogP contribution in [0.15, 0.2) is 47.6 Å². The molecule has 3 aliphatic heterocycles. The molecule has 15 atom stereocenters. The van der Waals surface area contributed by atoms with E-state index >= 15 is 0 Å². The number of nitrogens with zero attached hydrogens (tertiary/aromatic N) is 2. The Balaban J connectivity index is 1.67. The van der Waals surface area contributed by atoms with Crippen LogP contribution in [-0.2, 0) is 52.4 Å². The zero-order valence-corrected chi connectivity index (χ0v) is 45.1. The number of hydrogen-bond acceptors (Lipinski definition) is 14. The second kappa shape index (κ2) is 28.9. The Bertz CT molecular complexity index is 1880. The fourth-order valence-corrected chi connectivity index (χ4v) is 10.9. The van der Waals surface area contributed by atoms with Gasteiger partial charge in [0, 0.05) is 65.1 Å². The molecule has 3 heterocycles. The summed E-state index contributed by atoms with van der Waals surface area (Å²) >= 11 is 0. The molecule has 1 saturated carbocycles. The molecule has 15 heteroatoms. The summed E-state index contributed by atoms with van der Waals surface area (Å²) < 4.78 is 36.3. The van der Waals surface area contributed by atoms with Crippen LogP contribution in [-0.4, -0.2) is 159 Å². The lowest BCUT2D eigenvalue weighted by atomic mass is 9.78. The molecule has 71 heavy (non-hydrogen) atoms. The Morgan fingerprint density at radius 1 is 0.859 bits per heavy atom. The minimum atomic E-state index is -2.43. The Hall–Kier alpha value is -3.41. The van der Waals surface area contributed by atoms with E-state index in [0.717, 1.165) is 37.8 Å². The second-order valence-electron chi connectivity index (χ2n) is 21.6. The predicted octanol–water partition coefficient (Wildman–Crippen LogP) is 7.16. The minimum Gasteiger partial charge on any atom is -0.460 e. The third-order valence-corrected chi connectivity index (χ3v) is 15.5. The van der Waals surface area contributed by atoms with E-state index in [9.17, 15) is 34.2 Å². The van der Waals surface area contributed by atoms with Crippen LogP contribution < -0.4 is 0 Å². The van der Waals surface area contributed by atoms with Crippen LogP contribution in [0.25, 0.3) is 0 Å². The van der Waals surface area contributed by atoms with Crippen molar-refractivity contribution in [3.63, 3.8) is 0 Å². The van der Waals surface area contributed by atoms with Crippen LogP contribution in [0.1, 0.15) is 132 Å². The summed E-state index contributed by atoms with van der Waals surface area (Å²) in [6, 6.07) is -1.13. The van der Waals surface area contributed by atoms with Gasteiger partial charge in [0.25, 0.3) is 11.7 Å². The number of fused-ring (bicyclic) bond motifs is 3. The van der Waals surface area contributed by atoms with Gasteiger partial charge in [-0.15, -0.1) is 0 Å². The van der Waals surface area contributed by atoms with Gasteiger partial charge in [0.05, 0.1) is 24.4 Å². The summed E-state index contributed by atoms with van der Waals surface area (Å²) in [5, 5.41) is 23.5. The van der Waals surface area contributed by atoms with Crippen molar-refractivity contribution < 1.29 is 62.6 Å². The van der Waals surface area contributed by atoms with E-state index in [1.807, 2.05) is 72.2 Å². The van der Waals surface area contributed by atoms with Gasteiger partial charge in [0.2, 0.25) is 5.79 Å². The van der Waals surface area contributed by atoms with E-state index in [1.54, 1.807) is 41.1 Å². The first-order valence-electron chi connectivity index (χ1n) is 26.4. The average Bonchev–Trinajstić information content (AvgIpc) is 3.34. The quantitative estimate of drug-likeness (QED) is 0.0919. The van der Waals surface area contributed by atoms with Crippen LogP contribution in [0.2, 0.25) is 0 Å². The van der Waals surface area contributed by atoms with Crippen molar-refractivity contribution in [2.24, 2.45) is 35.5 Å². The molecule has 0 aromatic heterocycles. The first-order chi connectivity index (χ1) is 33.6. The number of ether oxygens (including phenoxy) is 6. The molecule has 2 saturated heterocycles. The van der Waals surface area contributed by atoms with E-state index in [2.05, 4.69) is 4.90 Å². The molecule has 15 nitrogen and oxygen atoms in total. The number of rotatable bonds is 11. The van der Waals surface area contributed by atoms with Crippen molar-refractivity contribution in [2.75, 3.05) is 55.1 Å². The molecular weight excluding hydrogens is 909 g/mol. The number of aliphatic hydroxyl groups excluding tert-OH is 1. The highest BCUT2D eigenvalue weighted by molar-refractivity contribution is 6.39. The highest BCUT2D eigenvalue weighted by Crippen LogP contribution is 2.38. The number of hydrogen-bond donors (Lipinski definition) is 2. The summed E-state index contributed by atoms with van der Waals surface area (Å²) in [5.74, 6) is -7.76. The van der Waals surface area contributed by atoms with Crippen LogP contribution in [0, 0.1) is 35.5 Å². The first kappa shape index (κ1) is 60.1. The molecule has 2 bridgehead atoms. The number of ketones is 3. The van der Waals surface area contributed by atoms with Crippen LogP contribution in [0.5, 0.6) is 0 Å². The molecular formula is C56H90N2O13. The highest BCUT2D eigenvalue weighted by Gasteiger charge is 2.53. The van der Waals surface area contributed by atoms with Gasteiger partial charge in [-0.3, -0.25) is 19.2 Å². The number of amides is 1. The number of Topliss-reactive ketones (excluding diaryl/α,β-unsaturated/α-hetero) is 3. The van der Waals surface area contributed by atoms with E-state index in [4.69, 9.17) is 28.4 Å². The third-order valence-electron chi connectivity index (χ3n) is 15.5. The molecule has 1 amide bonds. The van der Waals surface area contributed by atoms with E-state index in [1.165, 1.54) is 12.0 Å². The molecule has 4 aliphatic rings. The largest absolute Gasteiger partial charge is 0.460 e. The first-order valence-corrected chi connectivity index (χ1v) is 26.4. The van der Waals surface area contributed by atoms with Gasteiger partial charge in [-0.2, -0.15) is 0 Å². The SMILES string of the molecule is CO[C@H]1C[C@@H]2CC[C@@H](C)[C@@](O)(O2)C(=O)C(=O)N2CCCC[C@H]2C(=O)O[C@H]([C@H](C)C[C@@H]2CC[C@@H](OCCCN(C)C)[C@H](OC)C2)CC(=O)[C@H](C)/C=C(\C)[C@@H](O)[C@@H](OC)C(=O)[C@H](C)CC(C)/C=C/C=C/C=C/1C. The maximum Gasteiger partial charge on any atom is 0.329 e. The van der Waals surface area contributed by atoms with Gasteiger partial charge in [-0.25, -0.2) is 4.79 Å². The number of cyclic esters (lactones) is 1. The Morgan fingerprint density at radius 2 is 1.59 bits per heavy atom. The monoisotopic (exact) mass is 999 g/mol. The number of carbonyl (C=O) groups is 5. The molecule has 0 aromatic rings. The Labute approximate surface area is 425 Å². The molecule has 4 rings (SSSR count). The van der Waals surface area contributed by atoms with E-state index in [-0.39, 0.29) is 60.9 Å². The van der Waals surface area contributed by atoms with Crippen molar-refractivity contribution in [3.8, 4) is 0 Å². The van der Waals surface area contributed by atoms with Crippen molar-refractivity contribution in [2.45, 2.75) is 186 Å². The lowest BCUT2D eigenvalue weighted by molar-refractivity contribution is -0.265. The summed E-state index contributed by atoms with van der Waals surface area (Å²) in [4.78, 5) is 74.6. The Kier molecular flexibility index (Phi) is 24.5. The number of esters is 1. The molecule has 1 aliphatic carbocycles. The number of allylic oxidation sites excluding steroid dienone is 6. The lowest BCUT2D eigenvalue weighted by Gasteiger charge is -2.42. The fourth-order valence-electron chi connectivity index (χ4n) is 10.9. The third kappa shape index (κ3) is 17.1. The van der Waals surface area contributed by atoms with Gasteiger partial charge in [-0.05, 0) is 134 Å². The minimum absolute atomic E-state index is 0.0215. The van der Waals surface area contributed by atoms with Crippen LogP contribution in [0.3, 0.4) is 0 Å². The van der Waals surface area contributed by atoms with Crippen molar-refractivity contribution in [1.29, 1.82) is 0 Å². The maximum atomic E-state index is 14.5. The van der Waals surface area contributed by atoms with Gasteiger partial charge in [-0.1, -0.05) is 71.1 Å².